The van der Waals surface area contributed by atoms with Crippen LogP contribution >= 0.6 is 24.0 Å². The SMILES string of the molecule is CN=C(NCCn1c(C)nc2ccccc21)NCc1ccccc1OC.I. The molecule has 1 heterocycles. The van der Waals surface area contributed by atoms with E-state index in [0.29, 0.717) is 6.54 Å². The lowest BCUT2D eigenvalue weighted by molar-refractivity contribution is 0.409. The molecule has 0 saturated carbocycles. The fraction of sp³-hybridized carbons (Fsp3) is 0.300. The Morgan fingerprint density at radius 2 is 1.85 bits per heavy atom. The van der Waals surface area contributed by atoms with Gasteiger partial charge in [-0.2, -0.15) is 0 Å². The topological polar surface area (TPSA) is 63.5 Å². The van der Waals surface area contributed by atoms with Crippen molar-refractivity contribution in [1.29, 1.82) is 0 Å². The van der Waals surface area contributed by atoms with Crippen molar-refractivity contribution in [3.8, 4) is 5.75 Å². The van der Waals surface area contributed by atoms with E-state index in [1.54, 1.807) is 14.2 Å². The zero-order chi connectivity index (χ0) is 18.4. The fourth-order valence-corrected chi connectivity index (χ4v) is 3.01. The smallest absolute Gasteiger partial charge is 0.191 e. The highest BCUT2D eigenvalue weighted by atomic mass is 127. The van der Waals surface area contributed by atoms with E-state index in [1.165, 1.54) is 0 Å². The lowest BCUT2D eigenvalue weighted by atomic mass is 10.2. The van der Waals surface area contributed by atoms with E-state index in [9.17, 15) is 0 Å². The number of rotatable bonds is 6. The highest BCUT2D eigenvalue weighted by molar-refractivity contribution is 14.0. The molecule has 0 fully saturated rings. The van der Waals surface area contributed by atoms with E-state index in [1.807, 2.05) is 49.4 Å². The summed E-state index contributed by atoms with van der Waals surface area (Å²) in [5.41, 5.74) is 3.28. The van der Waals surface area contributed by atoms with E-state index in [4.69, 9.17) is 4.74 Å². The van der Waals surface area contributed by atoms with E-state index in [-0.39, 0.29) is 24.0 Å². The van der Waals surface area contributed by atoms with Crippen LogP contribution in [0.15, 0.2) is 53.5 Å². The molecule has 0 amide bonds. The van der Waals surface area contributed by atoms with Gasteiger partial charge in [0.15, 0.2) is 5.96 Å². The first-order chi connectivity index (χ1) is 12.7. The van der Waals surface area contributed by atoms with Gasteiger partial charge in [0.2, 0.25) is 0 Å². The molecule has 7 heteroatoms. The molecule has 0 spiro atoms. The lowest BCUT2D eigenvalue weighted by Gasteiger charge is -2.14. The second-order valence-electron chi connectivity index (χ2n) is 5.96. The molecule has 0 unspecified atom stereocenters. The third-order valence-electron chi connectivity index (χ3n) is 4.34. The van der Waals surface area contributed by atoms with Crippen molar-refractivity contribution < 1.29 is 4.74 Å². The predicted octanol–water partition coefficient (Wildman–Crippen LogP) is 3.34. The molecule has 6 nitrogen and oxygen atoms in total. The molecule has 0 aliphatic heterocycles. The Morgan fingerprint density at radius 1 is 1.11 bits per heavy atom. The molecule has 0 saturated heterocycles. The highest BCUT2D eigenvalue weighted by Crippen LogP contribution is 2.17. The zero-order valence-electron chi connectivity index (χ0n) is 15.9. The maximum absolute atomic E-state index is 5.38. The van der Waals surface area contributed by atoms with Crippen LogP contribution in [-0.2, 0) is 13.1 Å². The van der Waals surface area contributed by atoms with E-state index < -0.39 is 0 Å². The summed E-state index contributed by atoms with van der Waals surface area (Å²) in [6.07, 6.45) is 0. The van der Waals surface area contributed by atoms with Gasteiger partial charge in [-0.15, -0.1) is 24.0 Å². The van der Waals surface area contributed by atoms with E-state index in [2.05, 4.69) is 31.2 Å². The third-order valence-corrected chi connectivity index (χ3v) is 4.34. The largest absolute Gasteiger partial charge is 0.496 e. The number of nitrogens with zero attached hydrogens (tertiary/aromatic N) is 3. The average Bonchev–Trinajstić information content (AvgIpc) is 3.00. The number of halogens is 1. The molecule has 2 aromatic carbocycles. The number of hydrogen-bond donors (Lipinski definition) is 2. The number of ether oxygens (including phenoxy) is 1. The number of aliphatic imine (C=N–C) groups is 1. The maximum atomic E-state index is 5.38. The number of imidazole rings is 1. The van der Waals surface area contributed by atoms with Gasteiger partial charge in [-0.3, -0.25) is 4.99 Å². The monoisotopic (exact) mass is 479 g/mol. The number of methoxy groups -OCH3 is 1. The minimum Gasteiger partial charge on any atom is -0.496 e. The maximum Gasteiger partial charge on any atom is 0.191 e. The van der Waals surface area contributed by atoms with Crippen molar-refractivity contribution in [2.45, 2.75) is 20.0 Å². The van der Waals surface area contributed by atoms with E-state index >= 15 is 0 Å². The Labute approximate surface area is 177 Å². The normalized spacial score (nSPS) is 11.1. The Balaban J connectivity index is 0.00000261. The number of para-hydroxylation sites is 3. The van der Waals surface area contributed by atoms with Gasteiger partial charge in [0.1, 0.15) is 11.6 Å². The molecule has 0 bridgehead atoms. The van der Waals surface area contributed by atoms with Crippen LogP contribution < -0.4 is 15.4 Å². The van der Waals surface area contributed by atoms with Crippen LogP contribution in [0.1, 0.15) is 11.4 Å². The van der Waals surface area contributed by atoms with Gasteiger partial charge in [0.05, 0.1) is 18.1 Å². The van der Waals surface area contributed by atoms with Crippen molar-refractivity contribution in [1.82, 2.24) is 20.2 Å². The first kappa shape index (κ1) is 21.0. The summed E-state index contributed by atoms with van der Waals surface area (Å²) in [6.45, 7) is 4.26. The molecule has 3 aromatic rings. The van der Waals surface area contributed by atoms with Crippen LogP contribution in [0.3, 0.4) is 0 Å². The van der Waals surface area contributed by atoms with Crippen LogP contribution in [0, 0.1) is 6.92 Å². The van der Waals surface area contributed by atoms with E-state index in [0.717, 1.165) is 47.2 Å². The molecule has 27 heavy (non-hydrogen) atoms. The van der Waals surface area contributed by atoms with Crippen molar-refractivity contribution in [3.63, 3.8) is 0 Å². The summed E-state index contributed by atoms with van der Waals surface area (Å²) in [5.74, 6) is 2.65. The number of nitrogens with one attached hydrogen (secondary N) is 2. The lowest BCUT2D eigenvalue weighted by Crippen LogP contribution is -2.38. The zero-order valence-corrected chi connectivity index (χ0v) is 18.2. The summed E-state index contributed by atoms with van der Waals surface area (Å²) in [4.78, 5) is 8.89. The Bertz CT molecular complexity index is 906. The number of aryl methyl sites for hydroxylation is 1. The Hall–Kier alpha value is -2.29. The molecular weight excluding hydrogens is 453 g/mol. The van der Waals surface area contributed by atoms with Gasteiger partial charge in [-0.1, -0.05) is 30.3 Å². The van der Waals surface area contributed by atoms with Gasteiger partial charge in [0, 0.05) is 32.2 Å². The second kappa shape index (κ2) is 10.1. The van der Waals surface area contributed by atoms with Crippen LogP contribution in [0.4, 0.5) is 0 Å². The minimum absolute atomic E-state index is 0. The first-order valence-electron chi connectivity index (χ1n) is 8.71. The molecule has 0 atom stereocenters. The molecule has 0 radical (unpaired) electrons. The number of aromatic nitrogens is 2. The van der Waals surface area contributed by atoms with Crippen LogP contribution in [0.5, 0.6) is 5.75 Å². The average molecular weight is 479 g/mol. The number of fused-ring (bicyclic) bond motifs is 1. The molecule has 2 N–H and O–H groups in total. The van der Waals surface area contributed by atoms with Gasteiger partial charge < -0.3 is 19.9 Å². The second-order valence-corrected chi connectivity index (χ2v) is 5.96. The van der Waals surface area contributed by atoms with Crippen molar-refractivity contribution >= 4 is 41.0 Å². The summed E-state index contributed by atoms with van der Waals surface area (Å²) in [6, 6.07) is 16.2. The van der Waals surface area contributed by atoms with Crippen LogP contribution in [-0.4, -0.2) is 36.2 Å². The van der Waals surface area contributed by atoms with Gasteiger partial charge in [-0.25, -0.2) is 4.98 Å². The predicted molar refractivity (Wildman–Crippen MR) is 121 cm³/mol. The Morgan fingerprint density at radius 3 is 2.63 bits per heavy atom. The number of hydrogen-bond acceptors (Lipinski definition) is 3. The third kappa shape index (κ3) is 5.12. The summed E-state index contributed by atoms with van der Waals surface area (Å²) >= 11 is 0. The van der Waals surface area contributed by atoms with Gasteiger partial charge in [0.25, 0.3) is 0 Å². The quantitative estimate of drug-likeness (QED) is 0.324. The molecule has 1 aromatic heterocycles. The summed E-state index contributed by atoms with van der Waals surface area (Å²) < 4.78 is 7.60. The Kier molecular flexibility index (Phi) is 7.90. The van der Waals surface area contributed by atoms with Crippen molar-refractivity contribution in [3.05, 3.63) is 59.9 Å². The molecule has 3 rings (SSSR count). The molecule has 144 valence electrons. The minimum atomic E-state index is 0. The fourth-order valence-electron chi connectivity index (χ4n) is 3.01. The van der Waals surface area contributed by atoms with Crippen LogP contribution in [0.25, 0.3) is 11.0 Å². The van der Waals surface area contributed by atoms with Crippen molar-refractivity contribution in [2.24, 2.45) is 4.99 Å². The van der Waals surface area contributed by atoms with Crippen molar-refractivity contribution in [2.75, 3.05) is 20.7 Å². The number of benzene rings is 2. The van der Waals surface area contributed by atoms with Gasteiger partial charge in [-0.05, 0) is 25.1 Å². The highest BCUT2D eigenvalue weighted by Gasteiger charge is 2.07. The van der Waals surface area contributed by atoms with Gasteiger partial charge >= 0.3 is 0 Å². The molecular formula is C20H26IN5O. The summed E-state index contributed by atoms with van der Waals surface area (Å²) in [5, 5.41) is 6.68. The van der Waals surface area contributed by atoms with Crippen LogP contribution in [0.2, 0.25) is 0 Å². The first-order valence-corrected chi connectivity index (χ1v) is 8.71. The molecule has 0 aliphatic rings. The summed E-state index contributed by atoms with van der Waals surface area (Å²) in [7, 11) is 3.46. The number of guanidine groups is 1. The standard InChI is InChI=1S/C20H25N5O.HI/c1-15-24-17-9-5-6-10-18(17)25(15)13-12-22-20(21-2)23-14-16-8-4-7-11-19(16)26-3;/h4-11H,12-14H2,1-3H3,(H2,21,22,23);1H. The molecule has 0 aliphatic carbocycles.